The van der Waals surface area contributed by atoms with Gasteiger partial charge in [0.25, 0.3) is 5.69 Å². The highest BCUT2D eigenvalue weighted by Gasteiger charge is 2.11. The summed E-state index contributed by atoms with van der Waals surface area (Å²) in [6, 6.07) is 11.9. The Morgan fingerprint density at radius 1 is 1.14 bits per heavy atom. The highest BCUT2D eigenvalue weighted by Crippen LogP contribution is 2.29. The summed E-state index contributed by atoms with van der Waals surface area (Å²) in [6.45, 7) is 5.59. The van der Waals surface area contributed by atoms with E-state index in [9.17, 15) is 10.1 Å². The normalized spacial score (nSPS) is 10.6. The van der Waals surface area contributed by atoms with Gasteiger partial charge in [-0.05, 0) is 32.0 Å². The van der Waals surface area contributed by atoms with Crippen molar-refractivity contribution in [3.63, 3.8) is 0 Å². The van der Waals surface area contributed by atoms with Crippen molar-refractivity contribution in [2.45, 2.75) is 13.8 Å². The van der Waals surface area contributed by atoms with Gasteiger partial charge in [0.2, 0.25) is 0 Å². The third-order valence-electron chi connectivity index (χ3n) is 3.63. The van der Waals surface area contributed by atoms with Crippen LogP contribution in [0.25, 0.3) is 0 Å². The molecule has 2 aromatic rings. The van der Waals surface area contributed by atoms with Gasteiger partial charge in [-0.2, -0.15) is 0 Å². The van der Waals surface area contributed by atoms with Gasteiger partial charge >= 0.3 is 0 Å². The van der Waals surface area contributed by atoms with Crippen LogP contribution >= 0.6 is 24.0 Å². The van der Waals surface area contributed by atoms with E-state index >= 15 is 0 Å². The van der Waals surface area contributed by atoms with Crippen LogP contribution in [0.15, 0.2) is 47.5 Å². The average Bonchev–Trinajstić information content (AvgIpc) is 2.68. The number of rotatable bonds is 10. The van der Waals surface area contributed by atoms with Gasteiger partial charge in [0.15, 0.2) is 5.96 Å². The van der Waals surface area contributed by atoms with Crippen molar-refractivity contribution in [2.75, 3.05) is 36.9 Å². The fourth-order valence-corrected chi connectivity index (χ4v) is 2.47. The van der Waals surface area contributed by atoms with E-state index < -0.39 is 4.92 Å². The second-order valence-electron chi connectivity index (χ2n) is 5.62. The molecular formula is C19H26IN5O4. The standard InChI is InChI=1S/C19H25N5O4.HI/c1-3-27-14-9-10-18(28-4-2)16(13-14)23-19(20)22-12-11-21-15-7-5-6-8-17(15)24(25)26;/h5-10,13,21H,3-4,11-12H2,1-2H3,(H3,20,22,23);1H. The van der Waals surface area contributed by atoms with Crippen molar-refractivity contribution >= 4 is 47.0 Å². The number of guanidine groups is 1. The lowest BCUT2D eigenvalue weighted by molar-refractivity contribution is -0.384. The van der Waals surface area contributed by atoms with Crippen molar-refractivity contribution in [1.82, 2.24) is 0 Å². The van der Waals surface area contributed by atoms with E-state index in [-0.39, 0.29) is 35.6 Å². The van der Waals surface area contributed by atoms with E-state index in [1.165, 1.54) is 6.07 Å². The molecule has 0 aliphatic rings. The Balaban J connectivity index is 0.00000420. The molecule has 0 unspecified atom stereocenters. The number of para-hydroxylation sites is 2. The van der Waals surface area contributed by atoms with Gasteiger partial charge in [-0.25, -0.2) is 0 Å². The second-order valence-corrected chi connectivity index (χ2v) is 5.62. The first kappa shape index (κ1) is 24.3. The lowest BCUT2D eigenvalue weighted by Crippen LogP contribution is -2.24. The molecule has 0 aliphatic carbocycles. The zero-order valence-electron chi connectivity index (χ0n) is 16.4. The molecule has 4 N–H and O–H groups in total. The predicted molar refractivity (Wildman–Crippen MR) is 126 cm³/mol. The summed E-state index contributed by atoms with van der Waals surface area (Å²) < 4.78 is 11.1. The van der Waals surface area contributed by atoms with Crippen molar-refractivity contribution in [2.24, 2.45) is 10.7 Å². The molecule has 0 radical (unpaired) electrons. The minimum absolute atomic E-state index is 0. The van der Waals surface area contributed by atoms with Gasteiger partial charge in [0.1, 0.15) is 17.2 Å². The summed E-state index contributed by atoms with van der Waals surface area (Å²) in [7, 11) is 0. The first-order valence-electron chi connectivity index (χ1n) is 8.99. The number of ether oxygens (including phenoxy) is 2. The Bertz CT molecular complexity index is 832. The van der Waals surface area contributed by atoms with E-state index in [0.717, 1.165) is 0 Å². The Labute approximate surface area is 186 Å². The fourth-order valence-electron chi connectivity index (χ4n) is 2.47. The number of halogens is 1. The van der Waals surface area contributed by atoms with Crippen LogP contribution in [0.4, 0.5) is 17.1 Å². The quantitative estimate of drug-likeness (QED) is 0.110. The molecule has 0 saturated carbocycles. The molecule has 0 amide bonds. The number of nitrogens with zero attached hydrogens (tertiary/aromatic N) is 2. The molecule has 2 rings (SSSR count). The zero-order valence-corrected chi connectivity index (χ0v) is 18.7. The van der Waals surface area contributed by atoms with Crippen LogP contribution in [0, 0.1) is 10.1 Å². The number of benzene rings is 2. The summed E-state index contributed by atoms with van der Waals surface area (Å²) in [5.74, 6) is 1.54. The summed E-state index contributed by atoms with van der Waals surface area (Å²) >= 11 is 0. The largest absolute Gasteiger partial charge is 0.494 e. The molecule has 0 fully saturated rings. The van der Waals surface area contributed by atoms with Crippen molar-refractivity contribution in [3.05, 3.63) is 52.6 Å². The van der Waals surface area contributed by atoms with E-state index in [4.69, 9.17) is 15.2 Å². The monoisotopic (exact) mass is 515 g/mol. The molecule has 9 nitrogen and oxygen atoms in total. The van der Waals surface area contributed by atoms with Gasteiger partial charge in [0.05, 0.1) is 30.4 Å². The van der Waals surface area contributed by atoms with E-state index in [1.807, 2.05) is 19.9 Å². The molecule has 0 aromatic heterocycles. The van der Waals surface area contributed by atoms with Crippen LogP contribution < -0.4 is 25.8 Å². The van der Waals surface area contributed by atoms with E-state index in [1.54, 1.807) is 30.3 Å². The predicted octanol–water partition coefficient (Wildman–Crippen LogP) is 3.85. The van der Waals surface area contributed by atoms with Gasteiger partial charge < -0.3 is 25.8 Å². The summed E-state index contributed by atoms with van der Waals surface area (Å²) in [4.78, 5) is 14.8. The first-order chi connectivity index (χ1) is 13.5. The third kappa shape index (κ3) is 7.64. The van der Waals surface area contributed by atoms with Gasteiger partial charge in [-0.3, -0.25) is 15.1 Å². The number of aliphatic imine (C=N–C) groups is 1. The highest BCUT2D eigenvalue weighted by molar-refractivity contribution is 14.0. The number of nitrogens with two attached hydrogens (primary N) is 1. The lowest BCUT2D eigenvalue weighted by atomic mass is 10.2. The van der Waals surface area contributed by atoms with Gasteiger partial charge in [0, 0.05) is 18.7 Å². The Hall–Kier alpha value is -2.76. The number of nitrogens with one attached hydrogen (secondary N) is 2. The zero-order chi connectivity index (χ0) is 20.4. The SMILES string of the molecule is CCOc1ccc(OCC)c(NC(N)=NCCNc2ccccc2[N+](=O)[O-])c1.I. The van der Waals surface area contributed by atoms with Crippen molar-refractivity contribution < 1.29 is 14.4 Å². The number of anilines is 2. The Morgan fingerprint density at radius 3 is 2.55 bits per heavy atom. The lowest BCUT2D eigenvalue weighted by Gasteiger charge is -2.14. The summed E-state index contributed by atoms with van der Waals surface area (Å²) in [6.07, 6.45) is 0. The minimum Gasteiger partial charge on any atom is -0.494 e. The summed E-state index contributed by atoms with van der Waals surface area (Å²) in [5, 5.41) is 17.0. The molecule has 0 atom stereocenters. The highest BCUT2D eigenvalue weighted by atomic mass is 127. The average molecular weight is 515 g/mol. The Morgan fingerprint density at radius 2 is 1.86 bits per heavy atom. The molecule has 0 bridgehead atoms. The first-order valence-corrected chi connectivity index (χ1v) is 8.99. The second kappa shape index (κ2) is 12.6. The van der Waals surface area contributed by atoms with Crippen LogP contribution in [0.1, 0.15) is 13.8 Å². The van der Waals surface area contributed by atoms with Crippen LogP contribution in [-0.2, 0) is 0 Å². The smallest absolute Gasteiger partial charge is 0.292 e. The molecule has 0 saturated heterocycles. The molecular weight excluding hydrogens is 489 g/mol. The van der Waals surface area contributed by atoms with Crippen LogP contribution in [0.3, 0.4) is 0 Å². The topological polar surface area (TPSA) is 124 Å². The van der Waals surface area contributed by atoms with Gasteiger partial charge in [-0.1, -0.05) is 12.1 Å². The maximum absolute atomic E-state index is 11.0. The number of hydrogen-bond donors (Lipinski definition) is 3. The maximum atomic E-state index is 11.0. The third-order valence-corrected chi connectivity index (χ3v) is 3.63. The molecule has 158 valence electrons. The van der Waals surface area contributed by atoms with Crippen molar-refractivity contribution in [1.29, 1.82) is 0 Å². The molecule has 2 aromatic carbocycles. The molecule has 10 heteroatoms. The van der Waals surface area contributed by atoms with Crippen LogP contribution in [0.2, 0.25) is 0 Å². The number of nitro benzene ring substituents is 1. The Kier molecular flexibility index (Phi) is 10.6. The number of nitro groups is 1. The van der Waals surface area contributed by atoms with E-state index in [0.29, 0.717) is 49.2 Å². The minimum atomic E-state index is -0.428. The number of hydrogen-bond acceptors (Lipinski definition) is 6. The fraction of sp³-hybridized carbons (Fsp3) is 0.316. The summed E-state index contributed by atoms with van der Waals surface area (Å²) in [5.41, 5.74) is 7.07. The van der Waals surface area contributed by atoms with Crippen LogP contribution in [-0.4, -0.2) is 37.2 Å². The van der Waals surface area contributed by atoms with Crippen LogP contribution in [0.5, 0.6) is 11.5 Å². The van der Waals surface area contributed by atoms with Crippen molar-refractivity contribution in [3.8, 4) is 11.5 Å². The molecule has 29 heavy (non-hydrogen) atoms. The van der Waals surface area contributed by atoms with Gasteiger partial charge in [-0.15, -0.1) is 24.0 Å². The van der Waals surface area contributed by atoms with E-state index in [2.05, 4.69) is 15.6 Å². The molecule has 0 heterocycles. The molecule has 0 aliphatic heterocycles. The molecule has 0 spiro atoms. The maximum Gasteiger partial charge on any atom is 0.292 e.